The third-order valence-corrected chi connectivity index (χ3v) is 3.96. The Balaban J connectivity index is 2.15. The van der Waals surface area contributed by atoms with Gasteiger partial charge >= 0.3 is 0 Å². The van der Waals surface area contributed by atoms with E-state index in [2.05, 4.69) is 49.3 Å². The minimum absolute atomic E-state index is 0.105. The fraction of sp³-hybridized carbons (Fsp3) is 0.438. The molecule has 0 aliphatic rings. The van der Waals surface area contributed by atoms with E-state index in [0.29, 0.717) is 5.22 Å². The second-order valence-corrected chi connectivity index (χ2v) is 6.93. The van der Waals surface area contributed by atoms with Crippen molar-refractivity contribution in [1.82, 2.24) is 10.3 Å². The van der Waals surface area contributed by atoms with Crippen LogP contribution in [0.25, 0.3) is 0 Å². The van der Waals surface area contributed by atoms with Gasteiger partial charge in [-0.1, -0.05) is 18.2 Å². The Morgan fingerprint density at radius 2 is 1.90 bits per heavy atom. The molecule has 0 unspecified atom stereocenters. The van der Waals surface area contributed by atoms with Crippen molar-refractivity contribution >= 4 is 11.8 Å². The summed E-state index contributed by atoms with van der Waals surface area (Å²) in [5.41, 5.74) is 2.33. The number of benzene rings is 1. The largest absolute Gasteiger partial charge is 0.436 e. The maximum Gasteiger partial charge on any atom is 0.261 e. The average molecular weight is 290 g/mol. The van der Waals surface area contributed by atoms with Crippen LogP contribution in [-0.2, 0) is 6.54 Å². The van der Waals surface area contributed by atoms with Gasteiger partial charge in [-0.05, 0) is 58.0 Å². The molecular weight excluding hydrogens is 268 g/mol. The molecule has 0 aliphatic heterocycles. The van der Waals surface area contributed by atoms with Crippen LogP contribution < -0.4 is 5.32 Å². The molecule has 0 fully saturated rings. The first-order chi connectivity index (χ1) is 9.35. The van der Waals surface area contributed by atoms with Crippen molar-refractivity contribution in [2.75, 3.05) is 0 Å². The normalized spacial score (nSPS) is 11.8. The number of hydrogen-bond acceptors (Lipinski definition) is 4. The summed E-state index contributed by atoms with van der Waals surface area (Å²) in [5.74, 6) is 0.887. The van der Waals surface area contributed by atoms with Gasteiger partial charge in [-0.25, -0.2) is 4.98 Å². The molecule has 20 heavy (non-hydrogen) atoms. The second kappa shape index (κ2) is 6.02. The lowest BCUT2D eigenvalue weighted by Crippen LogP contribution is -2.35. The van der Waals surface area contributed by atoms with Crippen molar-refractivity contribution in [3.05, 3.63) is 41.3 Å². The predicted octanol–water partition coefficient (Wildman–Crippen LogP) is 4.33. The van der Waals surface area contributed by atoms with Gasteiger partial charge in [0.1, 0.15) is 5.76 Å². The van der Waals surface area contributed by atoms with Crippen LogP contribution in [0.3, 0.4) is 0 Å². The third-order valence-electron chi connectivity index (χ3n) is 2.99. The van der Waals surface area contributed by atoms with Gasteiger partial charge in [0.2, 0.25) is 0 Å². The summed E-state index contributed by atoms with van der Waals surface area (Å²) in [5, 5.41) is 4.23. The summed E-state index contributed by atoms with van der Waals surface area (Å²) in [6.45, 7) is 11.3. The summed E-state index contributed by atoms with van der Waals surface area (Å²) in [6, 6.07) is 8.37. The van der Waals surface area contributed by atoms with E-state index in [-0.39, 0.29) is 5.54 Å². The van der Waals surface area contributed by atoms with Gasteiger partial charge in [-0.15, -0.1) is 0 Å². The van der Waals surface area contributed by atoms with E-state index in [0.717, 1.165) is 18.0 Å². The highest BCUT2D eigenvalue weighted by molar-refractivity contribution is 7.99. The van der Waals surface area contributed by atoms with Gasteiger partial charge in [-0.3, -0.25) is 0 Å². The number of aromatic nitrogens is 1. The molecule has 0 atom stereocenters. The van der Waals surface area contributed by atoms with Gasteiger partial charge in [0.05, 0.1) is 5.69 Å². The van der Waals surface area contributed by atoms with Crippen LogP contribution in [-0.4, -0.2) is 10.5 Å². The van der Waals surface area contributed by atoms with Gasteiger partial charge in [0.15, 0.2) is 0 Å². The van der Waals surface area contributed by atoms with Crippen LogP contribution in [0.1, 0.15) is 37.8 Å². The zero-order chi connectivity index (χ0) is 14.8. The Kier molecular flexibility index (Phi) is 4.55. The molecule has 0 saturated heterocycles. The molecule has 1 N–H and O–H groups in total. The molecule has 3 nitrogen and oxygen atoms in total. The van der Waals surface area contributed by atoms with Crippen LogP contribution in [0.5, 0.6) is 0 Å². The molecule has 0 radical (unpaired) electrons. The van der Waals surface area contributed by atoms with E-state index in [4.69, 9.17) is 4.42 Å². The number of nitrogens with one attached hydrogen (secondary N) is 1. The molecule has 2 rings (SSSR count). The Labute approximate surface area is 125 Å². The lowest BCUT2D eigenvalue weighted by molar-refractivity contribution is 0.422. The first-order valence-corrected chi connectivity index (χ1v) is 7.61. The van der Waals surface area contributed by atoms with Crippen LogP contribution in [0.15, 0.2) is 38.8 Å². The SMILES string of the molecule is Cc1nc(Sc2ccccc2CNC(C)(C)C)oc1C. The Morgan fingerprint density at radius 3 is 2.50 bits per heavy atom. The van der Waals surface area contributed by atoms with Crippen molar-refractivity contribution < 1.29 is 4.42 Å². The molecule has 4 heteroatoms. The highest BCUT2D eigenvalue weighted by Gasteiger charge is 2.13. The lowest BCUT2D eigenvalue weighted by atomic mass is 10.1. The summed E-state index contributed by atoms with van der Waals surface area (Å²) in [7, 11) is 0. The second-order valence-electron chi connectivity index (χ2n) is 5.93. The van der Waals surface area contributed by atoms with Crippen LogP contribution in [0, 0.1) is 13.8 Å². The summed E-state index contributed by atoms with van der Waals surface area (Å²) in [4.78, 5) is 5.62. The standard InChI is InChI=1S/C16H22N2OS/c1-11-12(2)19-15(18-11)20-14-9-7-6-8-13(14)10-17-16(3,4)5/h6-9,17H,10H2,1-5H3. The molecule has 1 aromatic carbocycles. The quantitative estimate of drug-likeness (QED) is 0.909. The van der Waals surface area contributed by atoms with Crippen LogP contribution in [0.2, 0.25) is 0 Å². The molecule has 0 bridgehead atoms. The summed E-state index contributed by atoms with van der Waals surface area (Å²) >= 11 is 1.58. The minimum Gasteiger partial charge on any atom is -0.436 e. The number of rotatable bonds is 4. The van der Waals surface area contributed by atoms with Crippen molar-refractivity contribution in [1.29, 1.82) is 0 Å². The number of nitrogens with zero attached hydrogens (tertiary/aromatic N) is 1. The van der Waals surface area contributed by atoms with E-state index in [1.54, 1.807) is 11.8 Å². The van der Waals surface area contributed by atoms with Crippen molar-refractivity contribution in [3.8, 4) is 0 Å². The van der Waals surface area contributed by atoms with E-state index in [9.17, 15) is 0 Å². The van der Waals surface area contributed by atoms with Crippen LogP contribution >= 0.6 is 11.8 Å². The maximum atomic E-state index is 5.65. The molecule has 0 spiro atoms. The molecule has 1 aromatic heterocycles. The van der Waals surface area contributed by atoms with E-state index in [1.165, 1.54) is 10.5 Å². The van der Waals surface area contributed by atoms with Crippen molar-refractivity contribution in [3.63, 3.8) is 0 Å². The number of aryl methyl sites for hydroxylation is 2. The van der Waals surface area contributed by atoms with E-state index in [1.807, 2.05) is 19.9 Å². The molecule has 2 aromatic rings. The average Bonchev–Trinajstić information content (AvgIpc) is 2.66. The maximum absolute atomic E-state index is 5.65. The predicted molar refractivity (Wildman–Crippen MR) is 83.1 cm³/mol. The summed E-state index contributed by atoms with van der Waals surface area (Å²) in [6.07, 6.45) is 0. The molecule has 0 amide bonds. The zero-order valence-electron chi connectivity index (χ0n) is 12.8. The minimum atomic E-state index is 0.105. The van der Waals surface area contributed by atoms with E-state index < -0.39 is 0 Å². The smallest absolute Gasteiger partial charge is 0.261 e. The number of hydrogen-bond donors (Lipinski definition) is 1. The fourth-order valence-corrected chi connectivity index (χ4v) is 2.65. The first-order valence-electron chi connectivity index (χ1n) is 6.80. The van der Waals surface area contributed by atoms with Gasteiger partial charge in [-0.2, -0.15) is 0 Å². The summed E-state index contributed by atoms with van der Waals surface area (Å²) < 4.78 is 5.65. The van der Waals surface area contributed by atoms with Gasteiger partial charge in [0.25, 0.3) is 5.22 Å². The molecular formula is C16H22N2OS. The molecule has 1 heterocycles. The van der Waals surface area contributed by atoms with Gasteiger partial charge in [0, 0.05) is 17.0 Å². The monoisotopic (exact) mass is 290 g/mol. The van der Waals surface area contributed by atoms with Gasteiger partial charge < -0.3 is 9.73 Å². The Bertz CT molecular complexity index is 565. The van der Waals surface area contributed by atoms with Crippen molar-refractivity contribution in [2.45, 2.75) is 56.8 Å². The van der Waals surface area contributed by atoms with Crippen molar-refractivity contribution in [2.24, 2.45) is 0 Å². The Morgan fingerprint density at radius 1 is 1.20 bits per heavy atom. The third kappa shape index (κ3) is 4.12. The van der Waals surface area contributed by atoms with E-state index >= 15 is 0 Å². The topological polar surface area (TPSA) is 38.1 Å². The van der Waals surface area contributed by atoms with Crippen LogP contribution in [0.4, 0.5) is 0 Å². The fourth-order valence-electron chi connectivity index (χ4n) is 1.69. The zero-order valence-corrected chi connectivity index (χ0v) is 13.6. The lowest BCUT2D eigenvalue weighted by Gasteiger charge is -2.21. The highest BCUT2D eigenvalue weighted by atomic mass is 32.2. The molecule has 0 saturated carbocycles. The first kappa shape index (κ1) is 15.1. The number of oxazole rings is 1. The Hall–Kier alpha value is -1.26. The molecule has 0 aliphatic carbocycles. The molecule has 108 valence electrons. The highest BCUT2D eigenvalue weighted by Crippen LogP contribution is 2.31.